The average molecular weight is 353 g/mol. The molecule has 0 bridgehead atoms. The van der Waals surface area contributed by atoms with Crippen LogP contribution in [0.15, 0.2) is 53.4 Å². The number of thiocarbonyl (C=S) groups is 1. The summed E-state index contributed by atoms with van der Waals surface area (Å²) in [6.45, 7) is 0.590. The SMILES string of the molecule is NS(=O)(=O)c1ccc(NC(=S)NCCc2ccc(F)cc2)cc1. The molecule has 0 amide bonds. The number of rotatable bonds is 5. The van der Waals surface area contributed by atoms with Gasteiger partial charge in [0.25, 0.3) is 0 Å². The van der Waals surface area contributed by atoms with Crippen LogP contribution < -0.4 is 15.8 Å². The molecule has 2 rings (SSSR count). The second kappa shape index (κ2) is 7.49. The third-order valence-corrected chi connectivity index (χ3v) is 4.23. The lowest BCUT2D eigenvalue weighted by Gasteiger charge is -2.11. The predicted molar refractivity (Wildman–Crippen MR) is 92.1 cm³/mol. The fourth-order valence-electron chi connectivity index (χ4n) is 1.87. The van der Waals surface area contributed by atoms with Crippen molar-refractivity contribution in [3.05, 3.63) is 59.9 Å². The van der Waals surface area contributed by atoms with E-state index in [0.29, 0.717) is 23.8 Å². The second-order valence-electron chi connectivity index (χ2n) is 4.83. The van der Waals surface area contributed by atoms with Crippen molar-refractivity contribution in [2.24, 2.45) is 5.14 Å². The Bertz CT molecular complexity index is 775. The maximum atomic E-state index is 12.8. The Labute approximate surface area is 139 Å². The van der Waals surface area contributed by atoms with Crippen LogP contribution in [-0.2, 0) is 16.4 Å². The van der Waals surface area contributed by atoms with Gasteiger partial charge >= 0.3 is 0 Å². The van der Waals surface area contributed by atoms with Gasteiger partial charge in [-0.1, -0.05) is 12.1 Å². The molecule has 0 aromatic heterocycles. The molecule has 23 heavy (non-hydrogen) atoms. The first-order chi connectivity index (χ1) is 10.8. The molecule has 0 unspecified atom stereocenters. The molecule has 0 aliphatic rings. The van der Waals surface area contributed by atoms with Crippen molar-refractivity contribution >= 4 is 33.0 Å². The molecule has 0 atom stereocenters. The molecule has 0 spiro atoms. The van der Waals surface area contributed by atoms with Gasteiger partial charge in [0.2, 0.25) is 10.0 Å². The van der Waals surface area contributed by atoms with E-state index in [0.717, 1.165) is 5.56 Å². The molecule has 0 aliphatic carbocycles. The average Bonchev–Trinajstić information content (AvgIpc) is 2.49. The Hall–Kier alpha value is -2.03. The molecule has 2 aromatic carbocycles. The van der Waals surface area contributed by atoms with Crippen LogP contribution in [0.5, 0.6) is 0 Å². The van der Waals surface area contributed by atoms with Gasteiger partial charge in [-0.3, -0.25) is 0 Å². The van der Waals surface area contributed by atoms with Crippen LogP contribution in [0, 0.1) is 5.82 Å². The number of benzene rings is 2. The molecule has 8 heteroatoms. The van der Waals surface area contributed by atoms with Gasteiger partial charge in [-0.05, 0) is 60.6 Å². The minimum Gasteiger partial charge on any atom is -0.362 e. The maximum absolute atomic E-state index is 12.8. The molecule has 0 heterocycles. The quantitative estimate of drug-likeness (QED) is 0.716. The first-order valence-corrected chi connectivity index (χ1v) is 8.72. The van der Waals surface area contributed by atoms with Gasteiger partial charge in [-0.25, -0.2) is 17.9 Å². The van der Waals surface area contributed by atoms with Gasteiger partial charge in [0.15, 0.2) is 5.11 Å². The Morgan fingerprint density at radius 3 is 2.26 bits per heavy atom. The van der Waals surface area contributed by atoms with E-state index in [2.05, 4.69) is 10.6 Å². The number of anilines is 1. The van der Waals surface area contributed by atoms with Crippen molar-refractivity contribution in [1.82, 2.24) is 5.32 Å². The van der Waals surface area contributed by atoms with Gasteiger partial charge in [-0.15, -0.1) is 0 Å². The molecule has 122 valence electrons. The fourth-order valence-corrected chi connectivity index (χ4v) is 2.61. The van der Waals surface area contributed by atoms with E-state index in [1.165, 1.54) is 24.3 Å². The number of hydrogen-bond donors (Lipinski definition) is 3. The van der Waals surface area contributed by atoms with E-state index in [4.69, 9.17) is 17.4 Å². The number of primary sulfonamides is 1. The van der Waals surface area contributed by atoms with Gasteiger partial charge in [-0.2, -0.15) is 0 Å². The van der Waals surface area contributed by atoms with E-state index < -0.39 is 10.0 Å². The lowest BCUT2D eigenvalue weighted by molar-refractivity contribution is 0.598. The highest BCUT2D eigenvalue weighted by atomic mass is 32.2. The van der Waals surface area contributed by atoms with E-state index in [-0.39, 0.29) is 10.7 Å². The van der Waals surface area contributed by atoms with E-state index >= 15 is 0 Å². The van der Waals surface area contributed by atoms with Gasteiger partial charge in [0.1, 0.15) is 5.82 Å². The highest BCUT2D eigenvalue weighted by Gasteiger charge is 2.07. The standard InChI is InChI=1S/C15H16FN3O2S2/c16-12-3-1-11(2-4-12)9-10-18-15(22)19-13-5-7-14(8-6-13)23(17,20)21/h1-8H,9-10H2,(H2,17,20,21)(H2,18,19,22). The molecule has 0 saturated heterocycles. The van der Waals surface area contributed by atoms with Crippen LogP contribution in [0.25, 0.3) is 0 Å². The van der Waals surface area contributed by atoms with Crippen LogP contribution >= 0.6 is 12.2 Å². The predicted octanol–water partition coefficient (Wildman–Crippen LogP) is 2.00. The van der Waals surface area contributed by atoms with E-state index in [1.54, 1.807) is 24.3 Å². The van der Waals surface area contributed by atoms with Crippen molar-refractivity contribution in [3.63, 3.8) is 0 Å². The summed E-state index contributed by atoms with van der Waals surface area (Å²) < 4.78 is 35.1. The molecule has 0 saturated carbocycles. The summed E-state index contributed by atoms with van der Waals surface area (Å²) in [6, 6.07) is 12.2. The normalized spacial score (nSPS) is 11.0. The van der Waals surface area contributed by atoms with Crippen molar-refractivity contribution < 1.29 is 12.8 Å². The van der Waals surface area contributed by atoms with Crippen molar-refractivity contribution in [1.29, 1.82) is 0 Å². The first-order valence-electron chi connectivity index (χ1n) is 6.77. The highest BCUT2D eigenvalue weighted by Crippen LogP contribution is 2.12. The minimum atomic E-state index is -3.70. The smallest absolute Gasteiger partial charge is 0.238 e. The zero-order valence-corrected chi connectivity index (χ0v) is 13.8. The van der Waals surface area contributed by atoms with E-state index in [1.807, 2.05) is 0 Å². The van der Waals surface area contributed by atoms with Crippen LogP contribution in [0.1, 0.15) is 5.56 Å². The first kappa shape index (κ1) is 17.3. The number of hydrogen-bond acceptors (Lipinski definition) is 3. The number of halogens is 1. The fraction of sp³-hybridized carbons (Fsp3) is 0.133. The third-order valence-electron chi connectivity index (χ3n) is 3.05. The third kappa shape index (κ3) is 5.59. The topological polar surface area (TPSA) is 84.2 Å². The van der Waals surface area contributed by atoms with Crippen LogP contribution in [0.4, 0.5) is 10.1 Å². The summed E-state index contributed by atoms with van der Waals surface area (Å²) in [5.74, 6) is -0.262. The zero-order valence-electron chi connectivity index (χ0n) is 12.1. The summed E-state index contributed by atoms with van der Waals surface area (Å²) in [4.78, 5) is 0.0400. The second-order valence-corrected chi connectivity index (χ2v) is 6.80. The Kier molecular flexibility index (Phi) is 5.64. The summed E-state index contributed by atoms with van der Waals surface area (Å²) in [5, 5.41) is 11.4. The lowest BCUT2D eigenvalue weighted by Crippen LogP contribution is -2.30. The van der Waals surface area contributed by atoms with Gasteiger partial charge in [0.05, 0.1) is 4.90 Å². The van der Waals surface area contributed by atoms with Crippen molar-refractivity contribution in [3.8, 4) is 0 Å². The highest BCUT2D eigenvalue weighted by molar-refractivity contribution is 7.89. The lowest BCUT2D eigenvalue weighted by atomic mass is 10.1. The Morgan fingerprint density at radius 2 is 1.70 bits per heavy atom. The van der Waals surface area contributed by atoms with Gasteiger partial charge in [0, 0.05) is 12.2 Å². The zero-order chi connectivity index (χ0) is 16.9. The molecular weight excluding hydrogens is 337 g/mol. The molecule has 0 radical (unpaired) electrons. The number of sulfonamides is 1. The van der Waals surface area contributed by atoms with Crippen molar-refractivity contribution in [2.75, 3.05) is 11.9 Å². The molecular formula is C15H16FN3O2S2. The molecule has 0 fully saturated rings. The van der Waals surface area contributed by atoms with Crippen LogP contribution in [0.2, 0.25) is 0 Å². The monoisotopic (exact) mass is 353 g/mol. The Morgan fingerprint density at radius 1 is 1.09 bits per heavy atom. The molecule has 2 aromatic rings. The summed E-state index contributed by atoms with van der Waals surface area (Å²) in [5.41, 5.74) is 1.65. The summed E-state index contributed by atoms with van der Waals surface area (Å²) in [6.07, 6.45) is 0.701. The molecule has 4 N–H and O–H groups in total. The maximum Gasteiger partial charge on any atom is 0.238 e. The van der Waals surface area contributed by atoms with E-state index in [9.17, 15) is 12.8 Å². The Balaban J connectivity index is 1.81. The summed E-state index contributed by atoms with van der Waals surface area (Å²) in [7, 11) is -3.70. The number of nitrogens with one attached hydrogen (secondary N) is 2. The van der Waals surface area contributed by atoms with Crippen LogP contribution in [-0.4, -0.2) is 20.1 Å². The summed E-state index contributed by atoms with van der Waals surface area (Å²) >= 11 is 5.15. The van der Waals surface area contributed by atoms with Gasteiger partial charge < -0.3 is 10.6 Å². The molecule has 0 aliphatic heterocycles. The largest absolute Gasteiger partial charge is 0.362 e. The minimum absolute atomic E-state index is 0.0400. The number of nitrogens with two attached hydrogens (primary N) is 1. The molecule has 5 nitrogen and oxygen atoms in total. The van der Waals surface area contributed by atoms with Crippen molar-refractivity contribution in [2.45, 2.75) is 11.3 Å². The van der Waals surface area contributed by atoms with Crippen LogP contribution in [0.3, 0.4) is 0 Å².